The Hall–Kier alpha value is -1.19. The molecule has 0 aliphatic carbocycles. The van der Waals surface area contributed by atoms with Crippen molar-refractivity contribution in [2.75, 3.05) is 20.3 Å². The van der Waals surface area contributed by atoms with Gasteiger partial charge < -0.3 is 4.74 Å². The van der Waals surface area contributed by atoms with Gasteiger partial charge in [0.2, 0.25) is 0 Å². The summed E-state index contributed by atoms with van der Waals surface area (Å²) in [7, 11) is 1.71. The van der Waals surface area contributed by atoms with Gasteiger partial charge in [0.15, 0.2) is 5.78 Å². The third-order valence-electron chi connectivity index (χ3n) is 4.11. The first-order valence-corrected chi connectivity index (χ1v) is 8.03. The van der Waals surface area contributed by atoms with Gasteiger partial charge >= 0.3 is 0 Å². The normalized spacial score (nSPS) is 12.9. The van der Waals surface area contributed by atoms with E-state index in [0.29, 0.717) is 12.6 Å². The summed E-state index contributed by atoms with van der Waals surface area (Å²) < 4.78 is 5.24. The lowest BCUT2D eigenvalue weighted by Crippen LogP contribution is -2.48. The molecule has 21 heavy (non-hydrogen) atoms. The van der Waals surface area contributed by atoms with Gasteiger partial charge in [0.1, 0.15) is 0 Å². The van der Waals surface area contributed by atoms with Gasteiger partial charge in [-0.15, -0.1) is 0 Å². The van der Waals surface area contributed by atoms with E-state index >= 15 is 0 Å². The Kier molecular flexibility index (Phi) is 8.24. The summed E-state index contributed by atoms with van der Waals surface area (Å²) in [6.07, 6.45) is 2.94. The van der Waals surface area contributed by atoms with Crippen molar-refractivity contribution in [2.24, 2.45) is 0 Å². The summed E-state index contributed by atoms with van der Waals surface area (Å²) in [5.74, 6) is 0.223. The second-order valence-corrected chi connectivity index (χ2v) is 5.36. The SMILES string of the molecule is CCC(CC)N(CCOC)C(CC)C(=O)c1ccccc1. The number of carbonyl (C=O) groups is 1. The molecule has 0 aliphatic rings. The van der Waals surface area contributed by atoms with E-state index in [1.165, 1.54) is 0 Å². The van der Waals surface area contributed by atoms with Crippen LogP contribution in [0.25, 0.3) is 0 Å². The number of benzene rings is 1. The topological polar surface area (TPSA) is 29.5 Å². The van der Waals surface area contributed by atoms with Crippen molar-refractivity contribution in [2.45, 2.75) is 52.1 Å². The zero-order chi connectivity index (χ0) is 15.7. The molecular weight excluding hydrogens is 262 g/mol. The predicted molar refractivity (Wildman–Crippen MR) is 87.8 cm³/mol. The molecule has 1 atom stereocenters. The van der Waals surface area contributed by atoms with Crippen LogP contribution in [0.5, 0.6) is 0 Å². The number of methoxy groups -OCH3 is 1. The van der Waals surface area contributed by atoms with Crippen LogP contribution in [0.4, 0.5) is 0 Å². The van der Waals surface area contributed by atoms with E-state index in [-0.39, 0.29) is 11.8 Å². The minimum Gasteiger partial charge on any atom is -0.383 e. The number of Topliss-reactive ketones (excluding diaryl/α,β-unsaturated/α-hetero) is 1. The first kappa shape index (κ1) is 17.9. The van der Waals surface area contributed by atoms with Crippen molar-refractivity contribution in [1.29, 1.82) is 0 Å². The Balaban J connectivity index is 2.97. The second kappa shape index (κ2) is 9.69. The highest BCUT2D eigenvalue weighted by atomic mass is 16.5. The van der Waals surface area contributed by atoms with Crippen LogP contribution >= 0.6 is 0 Å². The van der Waals surface area contributed by atoms with Crippen LogP contribution in [0, 0.1) is 0 Å². The number of rotatable bonds is 10. The minimum atomic E-state index is -0.0625. The molecule has 0 amide bonds. The maximum Gasteiger partial charge on any atom is 0.179 e. The lowest BCUT2D eigenvalue weighted by Gasteiger charge is -2.36. The van der Waals surface area contributed by atoms with E-state index in [4.69, 9.17) is 4.74 Å². The molecular formula is C18H29NO2. The Morgan fingerprint density at radius 2 is 1.71 bits per heavy atom. The molecule has 118 valence electrons. The monoisotopic (exact) mass is 291 g/mol. The molecule has 3 heteroatoms. The van der Waals surface area contributed by atoms with Crippen LogP contribution in [-0.2, 0) is 4.74 Å². The van der Waals surface area contributed by atoms with Crippen molar-refractivity contribution < 1.29 is 9.53 Å². The highest BCUT2D eigenvalue weighted by Crippen LogP contribution is 2.19. The number of hydrogen-bond donors (Lipinski definition) is 0. The van der Waals surface area contributed by atoms with Gasteiger partial charge in [-0.25, -0.2) is 0 Å². The fraction of sp³-hybridized carbons (Fsp3) is 0.611. The molecule has 1 aromatic carbocycles. The van der Waals surface area contributed by atoms with Crippen molar-refractivity contribution >= 4 is 5.78 Å². The van der Waals surface area contributed by atoms with Gasteiger partial charge in [-0.2, -0.15) is 0 Å². The van der Waals surface area contributed by atoms with E-state index in [1.54, 1.807) is 7.11 Å². The summed E-state index contributed by atoms with van der Waals surface area (Å²) in [4.78, 5) is 15.2. The van der Waals surface area contributed by atoms with Crippen LogP contribution in [0.15, 0.2) is 30.3 Å². The molecule has 0 aromatic heterocycles. The third kappa shape index (κ3) is 4.94. The smallest absolute Gasteiger partial charge is 0.179 e. The standard InChI is InChI=1S/C18H29NO2/c1-5-16(6-2)19(13-14-21-4)17(7-3)18(20)15-11-9-8-10-12-15/h8-12,16-17H,5-7,13-14H2,1-4H3. The van der Waals surface area contributed by atoms with Gasteiger partial charge in [0, 0.05) is 25.3 Å². The first-order chi connectivity index (χ1) is 10.2. The number of ether oxygens (including phenoxy) is 1. The number of ketones is 1. The Morgan fingerprint density at radius 3 is 2.19 bits per heavy atom. The number of nitrogens with zero attached hydrogens (tertiary/aromatic N) is 1. The molecule has 0 saturated heterocycles. The zero-order valence-electron chi connectivity index (χ0n) is 13.8. The Labute approximate surface area is 129 Å². The average Bonchev–Trinajstić information content (AvgIpc) is 2.54. The molecule has 1 rings (SSSR count). The molecule has 0 radical (unpaired) electrons. The van der Waals surface area contributed by atoms with Gasteiger partial charge in [0.25, 0.3) is 0 Å². The summed E-state index contributed by atoms with van der Waals surface area (Å²) in [5.41, 5.74) is 0.803. The van der Waals surface area contributed by atoms with Crippen LogP contribution in [-0.4, -0.2) is 43.0 Å². The minimum absolute atomic E-state index is 0.0625. The van der Waals surface area contributed by atoms with E-state index in [1.807, 2.05) is 30.3 Å². The first-order valence-electron chi connectivity index (χ1n) is 8.03. The zero-order valence-corrected chi connectivity index (χ0v) is 13.8. The van der Waals surface area contributed by atoms with Crippen molar-refractivity contribution in [3.63, 3.8) is 0 Å². The molecule has 0 spiro atoms. The van der Waals surface area contributed by atoms with Crippen molar-refractivity contribution in [1.82, 2.24) is 4.90 Å². The maximum atomic E-state index is 12.8. The lowest BCUT2D eigenvalue weighted by atomic mass is 9.97. The van der Waals surface area contributed by atoms with Crippen LogP contribution in [0.1, 0.15) is 50.4 Å². The Bertz CT molecular complexity index is 401. The summed E-state index contributed by atoms with van der Waals surface area (Å²) in [5, 5.41) is 0. The van der Waals surface area contributed by atoms with Crippen LogP contribution in [0.2, 0.25) is 0 Å². The van der Waals surface area contributed by atoms with Gasteiger partial charge in [-0.1, -0.05) is 51.1 Å². The summed E-state index contributed by atoms with van der Waals surface area (Å²) >= 11 is 0. The van der Waals surface area contributed by atoms with Crippen molar-refractivity contribution in [3.05, 3.63) is 35.9 Å². The molecule has 3 nitrogen and oxygen atoms in total. The van der Waals surface area contributed by atoms with Gasteiger partial charge in [-0.05, 0) is 19.3 Å². The molecule has 0 bridgehead atoms. The van der Waals surface area contributed by atoms with E-state index in [9.17, 15) is 4.79 Å². The average molecular weight is 291 g/mol. The van der Waals surface area contributed by atoms with Gasteiger partial charge in [0.05, 0.1) is 12.6 Å². The molecule has 0 fully saturated rings. The lowest BCUT2D eigenvalue weighted by molar-refractivity contribution is 0.0583. The largest absolute Gasteiger partial charge is 0.383 e. The van der Waals surface area contributed by atoms with E-state index in [2.05, 4.69) is 25.7 Å². The van der Waals surface area contributed by atoms with E-state index < -0.39 is 0 Å². The summed E-state index contributed by atoms with van der Waals surface area (Å²) in [6.45, 7) is 7.93. The number of hydrogen-bond acceptors (Lipinski definition) is 3. The second-order valence-electron chi connectivity index (χ2n) is 5.36. The summed E-state index contributed by atoms with van der Waals surface area (Å²) in [6, 6.07) is 9.98. The van der Waals surface area contributed by atoms with Crippen molar-refractivity contribution in [3.8, 4) is 0 Å². The highest BCUT2D eigenvalue weighted by molar-refractivity contribution is 6.00. The van der Waals surface area contributed by atoms with E-state index in [0.717, 1.165) is 31.4 Å². The van der Waals surface area contributed by atoms with Crippen LogP contribution < -0.4 is 0 Å². The van der Waals surface area contributed by atoms with Crippen LogP contribution in [0.3, 0.4) is 0 Å². The van der Waals surface area contributed by atoms with Gasteiger partial charge in [-0.3, -0.25) is 9.69 Å². The quantitative estimate of drug-likeness (QED) is 0.614. The molecule has 0 heterocycles. The highest BCUT2D eigenvalue weighted by Gasteiger charge is 2.28. The maximum absolute atomic E-state index is 12.8. The molecule has 1 unspecified atom stereocenters. The number of carbonyl (C=O) groups excluding carboxylic acids is 1. The Morgan fingerprint density at radius 1 is 1.10 bits per heavy atom. The third-order valence-corrected chi connectivity index (χ3v) is 4.11. The molecule has 0 N–H and O–H groups in total. The molecule has 0 saturated carbocycles. The molecule has 1 aromatic rings. The predicted octanol–water partition coefficient (Wildman–Crippen LogP) is 3.78. The fourth-order valence-electron chi connectivity index (χ4n) is 2.91. The molecule has 0 aliphatic heterocycles. The fourth-order valence-corrected chi connectivity index (χ4v) is 2.91.